The van der Waals surface area contributed by atoms with E-state index < -0.39 is 11.4 Å². The third-order valence-corrected chi connectivity index (χ3v) is 4.03. The Labute approximate surface area is 124 Å². The first-order valence-electron chi connectivity index (χ1n) is 7.25. The van der Waals surface area contributed by atoms with E-state index in [0.717, 1.165) is 5.56 Å². The summed E-state index contributed by atoms with van der Waals surface area (Å²) in [6, 6.07) is 4.39. The van der Waals surface area contributed by atoms with Crippen molar-refractivity contribution < 1.29 is 19.0 Å². The van der Waals surface area contributed by atoms with E-state index in [0.29, 0.717) is 25.0 Å². The molecule has 0 saturated heterocycles. The molecule has 0 radical (unpaired) electrons. The Morgan fingerprint density at radius 3 is 2.86 bits per heavy atom. The molecule has 0 saturated carbocycles. The molecular weight excluding hydrogens is 273 g/mol. The summed E-state index contributed by atoms with van der Waals surface area (Å²) in [5.74, 6) is -0.318. The molecule has 3 N–H and O–H groups in total. The van der Waals surface area contributed by atoms with Gasteiger partial charge in [-0.25, -0.2) is 4.39 Å². The Balaban J connectivity index is 2.14. The summed E-state index contributed by atoms with van der Waals surface area (Å²) in [5, 5.41) is 9.60. The minimum Gasteiger partial charge on any atom is -0.490 e. The molecule has 1 aliphatic heterocycles. The van der Waals surface area contributed by atoms with E-state index in [1.807, 2.05) is 13.8 Å². The predicted molar refractivity (Wildman–Crippen MR) is 77.7 cm³/mol. The van der Waals surface area contributed by atoms with Crippen LogP contribution in [-0.4, -0.2) is 23.7 Å². The maximum absolute atomic E-state index is 13.2. The molecule has 0 aromatic heterocycles. The Morgan fingerprint density at radius 1 is 1.57 bits per heavy atom. The lowest BCUT2D eigenvalue weighted by atomic mass is 9.75. The van der Waals surface area contributed by atoms with Crippen molar-refractivity contribution in [3.8, 4) is 5.75 Å². The maximum Gasteiger partial charge on any atom is 0.311 e. The molecule has 1 heterocycles. The standard InChI is InChI=1S/C16H22FNO3/c1-10(2)7-16(9-18,15(19)20)8-13-6-11-5-12(17)3-4-14(11)21-13/h3-5,10,13H,6-9,18H2,1-2H3,(H,19,20). The highest BCUT2D eigenvalue weighted by Gasteiger charge is 2.42. The summed E-state index contributed by atoms with van der Waals surface area (Å²) in [4.78, 5) is 11.7. The normalized spacial score (nSPS) is 20.0. The first kappa shape index (κ1) is 15.8. The second kappa shape index (κ2) is 6.02. The van der Waals surface area contributed by atoms with Gasteiger partial charge in [0.25, 0.3) is 0 Å². The van der Waals surface area contributed by atoms with Crippen molar-refractivity contribution in [2.24, 2.45) is 17.1 Å². The lowest BCUT2D eigenvalue weighted by molar-refractivity contribution is -0.151. The summed E-state index contributed by atoms with van der Waals surface area (Å²) in [6.45, 7) is 4.03. The van der Waals surface area contributed by atoms with Gasteiger partial charge in [-0.3, -0.25) is 4.79 Å². The summed E-state index contributed by atoms with van der Waals surface area (Å²) in [6.07, 6.45) is 1.11. The molecule has 0 aliphatic carbocycles. The average Bonchev–Trinajstić information content (AvgIpc) is 2.78. The van der Waals surface area contributed by atoms with Crippen molar-refractivity contribution in [3.63, 3.8) is 0 Å². The molecule has 1 aromatic carbocycles. The molecule has 5 heteroatoms. The molecule has 0 fully saturated rings. The van der Waals surface area contributed by atoms with Gasteiger partial charge in [0.1, 0.15) is 17.7 Å². The first-order chi connectivity index (χ1) is 9.86. The van der Waals surface area contributed by atoms with Crippen LogP contribution in [0.15, 0.2) is 18.2 Å². The number of carboxylic acids is 1. The molecule has 0 amide bonds. The van der Waals surface area contributed by atoms with Gasteiger partial charge < -0.3 is 15.6 Å². The Hall–Kier alpha value is -1.62. The quantitative estimate of drug-likeness (QED) is 0.846. The predicted octanol–water partition coefficient (Wildman–Crippen LogP) is 2.60. The van der Waals surface area contributed by atoms with Crippen molar-refractivity contribution in [1.29, 1.82) is 0 Å². The minimum absolute atomic E-state index is 0.0745. The van der Waals surface area contributed by atoms with E-state index in [1.165, 1.54) is 12.1 Å². The molecule has 2 unspecified atom stereocenters. The van der Waals surface area contributed by atoms with E-state index in [-0.39, 0.29) is 24.4 Å². The van der Waals surface area contributed by atoms with Gasteiger partial charge >= 0.3 is 5.97 Å². The van der Waals surface area contributed by atoms with E-state index in [4.69, 9.17) is 10.5 Å². The number of ether oxygens (including phenoxy) is 1. The fourth-order valence-corrected chi connectivity index (χ4v) is 3.13. The zero-order valence-corrected chi connectivity index (χ0v) is 12.4. The van der Waals surface area contributed by atoms with Crippen LogP contribution < -0.4 is 10.5 Å². The molecule has 1 aromatic rings. The fraction of sp³-hybridized carbons (Fsp3) is 0.562. The molecule has 1 aliphatic rings. The van der Waals surface area contributed by atoms with Gasteiger partial charge in [-0.05, 0) is 30.5 Å². The Bertz CT molecular complexity index is 532. The topological polar surface area (TPSA) is 72.5 Å². The molecule has 116 valence electrons. The van der Waals surface area contributed by atoms with Crippen LogP contribution in [0.4, 0.5) is 4.39 Å². The lowest BCUT2D eigenvalue weighted by Gasteiger charge is -2.31. The van der Waals surface area contributed by atoms with Crippen molar-refractivity contribution in [2.75, 3.05) is 6.54 Å². The summed E-state index contributed by atoms with van der Waals surface area (Å²) >= 11 is 0. The van der Waals surface area contributed by atoms with Gasteiger partial charge in [0.15, 0.2) is 0 Å². The average molecular weight is 295 g/mol. The van der Waals surface area contributed by atoms with E-state index in [9.17, 15) is 14.3 Å². The molecular formula is C16H22FNO3. The fourth-order valence-electron chi connectivity index (χ4n) is 3.13. The van der Waals surface area contributed by atoms with E-state index >= 15 is 0 Å². The van der Waals surface area contributed by atoms with Gasteiger partial charge in [0, 0.05) is 24.9 Å². The van der Waals surface area contributed by atoms with Crippen LogP contribution in [0.5, 0.6) is 5.75 Å². The van der Waals surface area contributed by atoms with Gasteiger partial charge in [-0.2, -0.15) is 0 Å². The zero-order valence-electron chi connectivity index (χ0n) is 12.4. The summed E-state index contributed by atoms with van der Waals surface area (Å²) in [5.41, 5.74) is 5.57. The van der Waals surface area contributed by atoms with E-state index in [1.54, 1.807) is 6.07 Å². The zero-order chi connectivity index (χ0) is 15.6. The number of nitrogens with two attached hydrogens (primary N) is 1. The summed E-state index contributed by atoms with van der Waals surface area (Å²) < 4.78 is 19.0. The third-order valence-electron chi connectivity index (χ3n) is 4.03. The molecule has 2 rings (SSSR count). The van der Waals surface area contributed by atoms with Gasteiger partial charge in [-0.15, -0.1) is 0 Å². The molecule has 21 heavy (non-hydrogen) atoms. The largest absolute Gasteiger partial charge is 0.490 e. The van der Waals surface area contributed by atoms with Crippen LogP contribution in [0, 0.1) is 17.2 Å². The van der Waals surface area contributed by atoms with Crippen LogP contribution >= 0.6 is 0 Å². The monoisotopic (exact) mass is 295 g/mol. The number of carboxylic acid groups (broad SMARTS) is 1. The third kappa shape index (κ3) is 3.35. The Morgan fingerprint density at radius 2 is 2.29 bits per heavy atom. The number of fused-ring (bicyclic) bond motifs is 1. The second-order valence-electron chi connectivity index (χ2n) is 6.29. The minimum atomic E-state index is -0.987. The molecule has 0 spiro atoms. The number of rotatable bonds is 6. The van der Waals surface area contributed by atoms with Crippen molar-refractivity contribution >= 4 is 5.97 Å². The maximum atomic E-state index is 13.2. The first-order valence-corrected chi connectivity index (χ1v) is 7.25. The molecule has 0 bridgehead atoms. The van der Waals surface area contributed by atoms with Crippen LogP contribution in [-0.2, 0) is 11.2 Å². The number of hydrogen-bond donors (Lipinski definition) is 2. The molecule has 4 nitrogen and oxygen atoms in total. The SMILES string of the molecule is CC(C)CC(CN)(CC1Cc2cc(F)ccc2O1)C(=O)O. The van der Waals surface area contributed by atoms with Crippen LogP contribution in [0.3, 0.4) is 0 Å². The van der Waals surface area contributed by atoms with Gasteiger partial charge in [0.2, 0.25) is 0 Å². The highest BCUT2D eigenvalue weighted by molar-refractivity contribution is 5.75. The second-order valence-corrected chi connectivity index (χ2v) is 6.29. The summed E-state index contributed by atoms with van der Waals surface area (Å²) in [7, 11) is 0. The van der Waals surface area contributed by atoms with Crippen molar-refractivity contribution in [2.45, 2.75) is 39.2 Å². The number of hydrogen-bond acceptors (Lipinski definition) is 3. The van der Waals surface area contributed by atoms with Crippen LogP contribution in [0.2, 0.25) is 0 Å². The van der Waals surface area contributed by atoms with Crippen molar-refractivity contribution in [3.05, 3.63) is 29.6 Å². The van der Waals surface area contributed by atoms with Crippen LogP contribution in [0.1, 0.15) is 32.3 Å². The van der Waals surface area contributed by atoms with Gasteiger partial charge in [0.05, 0.1) is 5.41 Å². The number of halogens is 1. The van der Waals surface area contributed by atoms with E-state index in [2.05, 4.69) is 0 Å². The smallest absolute Gasteiger partial charge is 0.311 e. The Kier molecular flexibility index (Phi) is 4.52. The number of benzene rings is 1. The highest BCUT2D eigenvalue weighted by atomic mass is 19.1. The molecule has 2 atom stereocenters. The lowest BCUT2D eigenvalue weighted by Crippen LogP contribution is -2.43. The number of carbonyl (C=O) groups is 1. The number of aliphatic carboxylic acids is 1. The van der Waals surface area contributed by atoms with Gasteiger partial charge in [-0.1, -0.05) is 13.8 Å². The highest BCUT2D eigenvalue weighted by Crippen LogP contribution is 2.38. The van der Waals surface area contributed by atoms with Crippen LogP contribution in [0.25, 0.3) is 0 Å². The van der Waals surface area contributed by atoms with Crippen molar-refractivity contribution in [1.82, 2.24) is 0 Å².